The van der Waals surface area contributed by atoms with Gasteiger partial charge in [-0.2, -0.15) is 0 Å². The molecular formula is C16H19N3. The van der Waals surface area contributed by atoms with Crippen molar-refractivity contribution in [3.8, 4) is 0 Å². The fourth-order valence-corrected chi connectivity index (χ4v) is 2.76. The van der Waals surface area contributed by atoms with Crippen LogP contribution in [0, 0.1) is 0 Å². The van der Waals surface area contributed by atoms with Gasteiger partial charge in [0.15, 0.2) is 0 Å². The van der Waals surface area contributed by atoms with Gasteiger partial charge in [-0.3, -0.25) is 0 Å². The number of anilines is 2. The highest BCUT2D eigenvalue weighted by molar-refractivity contribution is 5.67. The SMILES string of the molecule is CNCc1cccnc1N1CCCc2ccccc21. The number of nitrogens with zero attached hydrogens (tertiary/aromatic N) is 2. The van der Waals surface area contributed by atoms with E-state index < -0.39 is 0 Å². The van der Waals surface area contributed by atoms with Gasteiger partial charge in [0.25, 0.3) is 0 Å². The van der Waals surface area contributed by atoms with Crippen LogP contribution in [0.3, 0.4) is 0 Å². The zero-order valence-corrected chi connectivity index (χ0v) is 11.3. The lowest BCUT2D eigenvalue weighted by Gasteiger charge is -2.31. The van der Waals surface area contributed by atoms with Crippen molar-refractivity contribution in [2.45, 2.75) is 19.4 Å². The van der Waals surface area contributed by atoms with Crippen LogP contribution in [-0.2, 0) is 13.0 Å². The molecule has 1 aromatic carbocycles. The number of aromatic nitrogens is 1. The maximum Gasteiger partial charge on any atom is 0.137 e. The number of hydrogen-bond acceptors (Lipinski definition) is 3. The summed E-state index contributed by atoms with van der Waals surface area (Å²) < 4.78 is 0. The van der Waals surface area contributed by atoms with Crippen molar-refractivity contribution in [1.29, 1.82) is 0 Å². The Labute approximate surface area is 114 Å². The van der Waals surface area contributed by atoms with Gasteiger partial charge in [-0.25, -0.2) is 4.98 Å². The van der Waals surface area contributed by atoms with E-state index in [1.54, 1.807) is 0 Å². The van der Waals surface area contributed by atoms with Gasteiger partial charge in [-0.05, 0) is 37.6 Å². The van der Waals surface area contributed by atoms with Gasteiger partial charge in [-0.15, -0.1) is 0 Å². The summed E-state index contributed by atoms with van der Waals surface area (Å²) >= 11 is 0. The van der Waals surface area contributed by atoms with Crippen molar-refractivity contribution in [3.05, 3.63) is 53.7 Å². The Balaban J connectivity index is 2.04. The zero-order valence-electron chi connectivity index (χ0n) is 11.3. The summed E-state index contributed by atoms with van der Waals surface area (Å²) in [5.74, 6) is 1.09. The molecule has 0 aliphatic carbocycles. The minimum Gasteiger partial charge on any atom is -0.326 e. The number of para-hydroxylation sites is 1. The molecule has 0 spiro atoms. The summed E-state index contributed by atoms with van der Waals surface area (Å²) in [5.41, 5.74) is 3.99. The predicted octanol–water partition coefficient (Wildman–Crippen LogP) is 2.89. The molecule has 0 amide bonds. The minimum atomic E-state index is 0.849. The standard InChI is InChI=1S/C16H19N3/c1-17-12-14-7-4-10-18-16(14)19-11-5-8-13-6-2-3-9-15(13)19/h2-4,6-7,9-10,17H,5,8,11-12H2,1H3. The highest BCUT2D eigenvalue weighted by atomic mass is 15.2. The first kappa shape index (κ1) is 12.2. The molecule has 1 N–H and O–H groups in total. The van der Waals surface area contributed by atoms with E-state index in [0.717, 1.165) is 18.9 Å². The number of nitrogens with one attached hydrogen (secondary N) is 1. The Morgan fingerprint density at radius 2 is 2.11 bits per heavy atom. The normalized spacial score (nSPS) is 14.3. The Morgan fingerprint density at radius 3 is 3.00 bits per heavy atom. The first-order chi connectivity index (χ1) is 9.40. The minimum absolute atomic E-state index is 0.849. The van der Waals surface area contributed by atoms with Gasteiger partial charge in [0.1, 0.15) is 5.82 Å². The molecule has 0 radical (unpaired) electrons. The van der Waals surface area contributed by atoms with Crippen molar-refractivity contribution >= 4 is 11.5 Å². The highest BCUT2D eigenvalue weighted by Crippen LogP contribution is 2.33. The second kappa shape index (κ2) is 5.41. The molecule has 1 aromatic heterocycles. The van der Waals surface area contributed by atoms with Crippen molar-refractivity contribution in [3.63, 3.8) is 0 Å². The number of fused-ring (bicyclic) bond motifs is 1. The number of pyridine rings is 1. The smallest absolute Gasteiger partial charge is 0.137 e. The van der Waals surface area contributed by atoms with Crippen LogP contribution in [0.5, 0.6) is 0 Å². The number of aryl methyl sites for hydroxylation is 1. The van der Waals surface area contributed by atoms with Crippen LogP contribution in [0.15, 0.2) is 42.6 Å². The number of rotatable bonds is 3. The molecule has 3 rings (SSSR count). The van der Waals surface area contributed by atoms with Crippen LogP contribution < -0.4 is 10.2 Å². The Kier molecular flexibility index (Phi) is 3.47. The summed E-state index contributed by atoms with van der Waals surface area (Å²) in [4.78, 5) is 6.96. The van der Waals surface area contributed by atoms with E-state index in [9.17, 15) is 0 Å². The topological polar surface area (TPSA) is 28.2 Å². The number of benzene rings is 1. The fraction of sp³-hybridized carbons (Fsp3) is 0.312. The van der Waals surface area contributed by atoms with Crippen molar-refractivity contribution in [2.75, 3.05) is 18.5 Å². The van der Waals surface area contributed by atoms with Gasteiger partial charge < -0.3 is 10.2 Å². The van der Waals surface area contributed by atoms with Gasteiger partial charge in [0, 0.05) is 30.5 Å². The molecule has 0 bridgehead atoms. The van der Waals surface area contributed by atoms with Crippen molar-refractivity contribution < 1.29 is 0 Å². The molecule has 2 heterocycles. The van der Waals surface area contributed by atoms with Crippen LogP contribution in [-0.4, -0.2) is 18.6 Å². The molecule has 0 unspecified atom stereocenters. The van der Waals surface area contributed by atoms with E-state index >= 15 is 0 Å². The molecule has 3 nitrogen and oxygen atoms in total. The Morgan fingerprint density at radius 1 is 1.21 bits per heavy atom. The van der Waals surface area contributed by atoms with Gasteiger partial charge in [0.05, 0.1) is 0 Å². The lowest BCUT2D eigenvalue weighted by atomic mass is 10.0. The lowest BCUT2D eigenvalue weighted by Crippen LogP contribution is -2.27. The highest BCUT2D eigenvalue weighted by Gasteiger charge is 2.20. The monoisotopic (exact) mass is 253 g/mol. The molecule has 0 saturated heterocycles. The van der Waals surface area contributed by atoms with E-state index in [1.165, 1.54) is 29.7 Å². The average Bonchev–Trinajstić information content (AvgIpc) is 2.48. The molecule has 3 heteroatoms. The fourth-order valence-electron chi connectivity index (χ4n) is 2.76. The quantitative estimate of drug-likeness (QED) is 0.911. The maximum absolute atomic E-state index is 4.61. The summed E-state index contributed by atoms with van der Waals surface area (Å²) in [6.07, 6.45) is 4.24. The molecule has 2 aromatic rings. The van der Waals surface area contributed by atoms with E-state index in [-0.39, 0.29) is 0 Å². The molecular weight excluding hydrogens is 234 g/mol. The van der Waals surface area contributed by atoms with Crippen LogP contribution in [0.25, 0.3) is 0 Å². The summed E-state index contributed by atoms with van der Waals surface area (Å²) in [5, 5.41) is 3.22. The van der Waals surface area contributed by atoms with Crippen molar-refractivity contribution in [2.24, 2.45) is 0 Å². The van der Waals surface area contributed by atoms with E-state index in [4.69, 9.17) is 0 Å². The molecule has 0 atom stereocenters. The maximum atomic E-state index is 4.61. The third kappa shape index (κ3) is 2.34. The third-order valence-corrected chi connectivity index (χ3v) is 3.60. The predicted molar refractivity (Wildman–Crippen MR) is 78.8 cm³/mol. The summed E-state index contributed by atoms with van der Waals surface area (Å²) in [6.45, 7) is 1.90. The Bertz CT molecular complexity index is 565. The average molecular weight is 253 g/mol. The van der Waals surface area contributed by atoms with Gasteiger partial charge in [-0.1, -0.05) is 24.3 Å². The van der Waals surface area contributed by atoms with Crippen LogP contribution >= 0.6 is 0 Å². The van der Waals surface area contributed by atoms with E-state index in [1.807, 2.05) is 19.3 Å². The van der Waals surface area contributed by atoms with Crippen LogP contribution in [0.4, 0.5) is 11.5 Å². The summed E-state index contributed by atoms with van der Waals surface area (Å²) in [6, 6.07) is 12.8. The molecule has 19 heavy (non-hydrogen) atoms. The number of hydrogen-bond donors (Lipinski definition) is 1. The molecule has 0 fully saturated rings. The molecule has 1 aliphatic rings. The Hall–Kier alpha value is -1.87. The molecule has 0 saturated carbocycles. The first-order valence-corrected chi connectivity index (χ1v) is 6.84. The second-order valence-electron chi connectivity index (χ2n) is 4.90. The van der Waals surface area contributed by atoms with Gasteiger partial charge >= 0.3 is 0 Å². The molecule has 98 valence electrons. The van der Waals surface area contributed by atoms with Crippen molar-refractivity contribution in [1.82, 2.24) is 10.3 Å². The second-order valence-corrected chi connectivity index (χ2v) is 4.90. The summed E-state index contributed by atoms with van der Waals surface area (Å²) in [7, 11) is 1.97. The third-order valence-electron chi connectivity index (χ3n) is 3.60. The lowest BCUT2D eigenvalue weighted by molar-refractivity contribution is 0.746. The van der Waals surface area contributed by atoms with Gasteiger partial charge in [0.2, 0.25) is 0 Å². The van der Waals surface area contributed by atoms with E-state index in [0.29, 0.717) is 0 Å². The first-order valence-electron chi connectivity index (χ1n) is 6.84. The van der Waals surface area contributed by atoms with Crippen LogP contribution in [0.2, 0.25) is 0 Å². The van der Waals surface area contributed by atoms with E-state index in [2.05, 4.69) is 45.5 Å². The van der Waals surface area contributed by atoms with Crippen LogP contribution in [0.1, 0.15) is 17.5 Å². The molecule has 1 aliphatic heterocycles. The zero-order chi connectivity index (χ0) is 13.1. The largest absolute Gasteiger partial charge is 0.326 e.